The monoisotopic (exact) mass is 411 g/mol. The number of nitrogens with one attached hydrogen (secondary N) is 1. The molecule has 8 nitrogen and oxygen atoms in total. The first kappa shape index (κ1) is 19.8. The Morgan fingerprint density at radius 3 is 2.97 bits per heavy atom. The van der Waals surface area contributed by atoms with Crippen LogP contribution in [0.4, 0.5) is 4.39 Å². The van der Waals surface area contributed by atoms with E-state index in [2.05, 4.69) is 15.4 Å². The van der Waals surface area contributed by atoms with Crippen molar-refractivity contribution in [2.24, 2.45) is 0 Å². The van der Waals surface area contributed by atoms with Crippen LogP contribution < -0.4 is 15.7 Å². The average molecular weight is 411 g/mol. The van der Waals surface area contributed by atoms with Gasteiger partial charge in [0.1, 0.15) is 17.4 Å². The van der Waals surface area contributed by atoms with Crippen LogP contribution in [0.2, 0.25) is 0 Å². The van der Waals surface area contributed by atoms with Crippen LogP contribution in [0, 0.1) is 5.82 Å². The Balaban J connectivity index is 1.43. The maximum absolute atomic E-state index is 13.3. The molecule has 4 rings (SSSR count). The van der Waals surface area contributed by atoms with Crippen LogP contribution in [0.5, 0.6) is 5.75 Å². The smallest absolute Gasteiger partial charge is 0.346 e. The number of carbonyl (C=O) groups is 1. The number of hydrogen-bond donors (Lipinski definition) is 1. The first-order chi connectivity index (χ1) is 14.5. The van der Waals surface area contributed by atoms with Crippen LogP contribution in [0.3, 0.4) is 0 Å². The number of aromatic nitrogens is 4. The Bertz CT molecular complexity index is 1120. The summed E-state index contributed by atoms with van der Waals surface area (Å²) in [5.41, 5.74) is 0.935. The summed E-state index contributed by atoms with van der Waals surface area (Å²) in [6.45, 7) is 0.821. The van der Waals surface area contributed by atoms with Gasteiger partial charge in [-0.3, -0.25) is 14.3 Å². The molecule has 0 radical (unpaired) electrons. The largest absolute Gasteiger partial charge is 0.497 e. The second-order valence-corrected chi connectivity index (χ2v) is 7.25. The number of carbonyl (C=O) groups excluding carboxylic acids is 1. The number of methoxy groups -OCH3 is 1. The number of aryl methyl sites for hydroxylation is 1. The fraction of sp³-hybridized carbons (Fsp3) is 0.333. The average Bonchev–Trinajstić information content (AvgIpc) is 2.91. The van der Waals surface area contributed by atoms with Crippen LogP contribution in [0.25, 0.3) is 0 Å². The van der Waals surface area contributed by atoms with Crippen molar-refractivity contribution in [1.29, 1.82) is 0 Å². The number of amides is 1. The summed E-state index contributed by atoms with van der Waals surface area (Å²) in [4.78, 5) is 28.9. The molecule has 1 unspecified atom stereocenters. The van der Waals surface area contributed by atoms with Crippen LogP contribution in [-0.4, -0.2) is 38.4 Å². The molecule has 156 valence electrons. The molecule has 0 saturated heterocycles. The number of ether oxygens (including phenoxy) is 1. The molecule has 30 heavy (non-hydrogen) atoms. The molecule has 1 atom stereocenters. The van der Waals surface area contributed by atoms with E-state index in [0.717, 1.165) is 23.6 Å². The van der Waals surface area contributed by atoms with E-state index in [-0.39, 0.29) is 23.2 Å². The second kappa shape index (κ2) is 8.48. The van der Waals surface area contributed by atoms with Gasteiger partial charge in [0.2, 0.25) is 0 Å². The van der Waals surface area contributed by atoms with Crippen LogP contribution in [-0.2, 0) is 19.5 Å². The highest BCUT2D eigenvalue weighted by molar-refractivity contribution is 5.94. The van der Waals surface area contributed by atoms with Crippen molar-refractivity contribution >= 4 is 5.91 Å². The third kappa shape index (κ3) is 4.24. The molecule has 2 aromatic heterocycles. The topological polar surface area (TPSA) is 91.0 Å². The molecule has 0 aliphatic carbocycles. The number of halogens is 1. The van der Waals surface area contributed by atoms with E-state index in [0.29, 0.717) is 38.2 Å². The number of pyridine rings is 1. The molecule has 1 aromatic carbocycles. The quantitative estimate of drug-likeness (QED) is 0.691. The van der Waals surface area contributed by atoms with Gasteiger partial charge < -0.3 is 10.1 Å². The molecule has 1 aliphatic heterocycles. The summed E-state index contributed by atoms with van der Waals surface area (Å²) in [5.74, 6) is 0.502. The SMILES string of the molecule is COc1cccc(Cn2nc3n(c2=O)CCC(NC(=O)c2cncc(F)c2)CC3)c1. The van der Waals surface area contributed by atoms with Crippen molar-refractivity contribution in [2.75, 3.05) is 7.11 Å². The van der Waals surface area contributed by atoms with Gasteiger partial charge in [0.25, 0.3) is 5.91 Å². The van der Waals surface area contributed by atoms with E-state index < -0.39 is 5.82 Å². The summed E-state index contributed by atoms with van der Waals surface area (Å²) in [7, 11) is 1.60. The number of rotatable bonds is 5. The van der Waals surface area contributed by atoms with Crippen molar-refractivity contribution in [3.63, 3.8) is 0 Å². The van der Waals surface area contributed by atoms with Gasteiger partial charge in [-0.2, -0.15) is 5.10 Å². The predicted octanol–water partition coefficient (Wildman–Crippen LogP) is 1.77. The Hall–Kier alpha value is -3.49. The Morgan fingerprint density at radius 1 is 1.30 bits per heavy atom. The molecule has 0 bridgehead atoms. The lowest BCUT2D eigenvalue weighted by atomic mass is 10.1. The number of hydrogen-bond acceptors (Lipinski definition) is 5. The first-order valence-corrected chi connectivity index (χ1v) is 9.74. The second-order valence-electron chi connectivity index (χ2n) is 7.25. The third-order valence-electron chi connectivity index (χ3n) is 5.19. The highest BCUT2D eigenvalue weighted by Crippen LogP contribution is 2.15. The summed E-state index contributed by atoms with van der Waals surface area (Å²) in [6, 6.07) is 8.55. The lowest BCUT2D eigenvalue weighted by Gasteiger charge is -2.16. The van der Waals surface area contributed by atoms with Crippen LogP contribution in [0.15, 0.2) is 47.5 Å². The molecule has 0 fully saturated rings. The zero-order valence-corrected chi connectivity index (χ0v) is 16.5. The Kier molecular flexibility index (Phi) is 5.60. The zero-order valence-electron chi connectivity index (χ0n) is 16.5. The van der Waals surface area contributed by atoms with E-state index in [9.17, 15) is 14.0 Å². The van der Waals surface area contributed by atoms with E-state index in [1.165, 1.54) is 10.9 Å². The maximum Gasteiger partial charge on any atom is 0.346 e. The molecule has 9 heteroatoms. The van der Waals surface area contributed by atoms with Crippen molar-refractivity contribution in [3.8, 4) is 5.75 Å². The number of nitrogens with zero attached hydrogens (tertiary/aromatic N) is 4. The van der Waals surface area contributed by atoms with Gasteiger partial charge >= 0.3 is 5.69 Å². The molecule has 0 spiro atoms. The van der Waals surface area contributed by atoms with E-state index in [1.807, 2.05) is 24.3 Å². The van der Waals surface area contributed by atoms with Crippen molar-refractivity contribution in [1.82, 2.24) is 24.6 Å². The van der Waals surface area contributed by atoms with Gasteiger partial charge in [-0.05, 0) is 36.6 Å². The van der Waals surface area contributed by atoms with Gasteiger partial charge in [-0.1, -0.05) is 12.1 Å². The molecular formula is C21H22FN5O3. The fourth-order valence-electron chi connectivity index (χ4n) is 3.62. The van der Waals surface area contributed by atoms with Gasteiger partial charge in [0.05, 0.1) is 25.4 Å². The lowest BCUT2D eigenvalue weighted by Crippen LogP contribution is -2.36. The van der Waals surface area contributed by atoms with Gasteiger partial charge in [0, 0.05) is 25.2 Å². The van der Waals surface area contributed by atoms with E-state index in [4.69, 9.17) is 4.74 Å². The molecule has 1 aliphatic rings. The first-order valence-electron chi connectivity index (χ1n) is 9.74. The van der Waals surface area contributed by atoms with Crippen LogP contribution >= 0.6 is 0 Å². The summed E-state index contributed by atoms with van der Waals surface area (Å²) in [6.07, 6.45) is 4.18. The Morgan fingerprint density at radius 2 is 2.17 bits per heavy atom. The molecule has 3 aromatic rings. The molecule has 0 saturated carbocycles. The van der Waals surface area contributed by atoms with Gasteiger partial charge in [-0.25, -0.2) is 13.9 Å². The van der Waals surface area contributed by atoms with Crippen LogP contribution in [0.1, 0.15) is 34.6 Å². The minimum atomic E-state index is -0.555. The number of benzene rings is 1. The van der Waals surface area contributed by atoms with Gasteiger partial charge in [-0.15, -0.1) is 0 Å². The van der Waals surface area contributed by atoms with Crippen molar-refractivity contribution in [3.05, 3.63) is 76.0 Å². The fourth-order valence-corrected chi connectivity index (χ4v) is 3.62. The molecule has 1 N–H and O–H groups in total. The molecule has 1 amide bonds. The van der Waals surface area contributed by atoms with E-state index >= 15 is 0 Å². The zero-order chi connectivity index (χ0) is 21.1. The minimum absolute atomic E-state index is 0.131. The molecule has 3 heterocycles. The summed E-state index contributed by atoms with van der Waals surface area (Å²) in [5, 5.41) is 7.40. The predicted molar refractivity (Wildman–Crippen MR) is 107 cm³/mol. The van der Waals surface area contributed by atoms with Crippen molar-refractivity contribution < 1.29 is 13.9 Å². The van der Waals surface area contributed by atoms with Crippen molar-refractivity contribution in [2.45, 2.75) is 38.4 Å². The van der Waals surface area contributed by atoms with E-state index in [1.54, 1.807) is 11.7 Å². The standard InChI is InChI=1S/C21H22FN5O3/c1-30-18-4-2-3-14(9-18)13-27-21(29)26-8-7-17(5-6-19(26)25-27)24-20(28)15-10-16(22)12-23-11-15/h2-4,9-12,17H,5-8,13H2,1H3,(H,24,28). The summed E-state index contributed by atoms with van der Waals surface area (Å²) < 4.78 is 21.6. The minimum Gasteiger partial charge on any atom is -0.497 e. The third-order valence-corrected chi connectivity index (χ3v) is 5.19. The van der Waals surface area contributed by atoms with Gasteiger partial charge in [0.15, 0.2) is 0 Å². The highest BCUT2D eigenvalue weighted by Gasteiger charge is 2.22. The molecular weight excluding hydrogens is 389 g/mol. The Labute approximate surface area is 172 Å². The summed E-state index contributed by atoms with van der Waals surface area (Å²) >= 11 is 0. The number of fused-ring (bicyclic) bond motifs is 1. The maximum atomic E-state index is 13.3. The lowest BCUT2D eigenvalue weighted by molar-refractivity contribution is 0.0932. The highest BCUT2D eigenvalue weighted by atomic mass is 19.1. The normalized spacial score (nSPS) is 15.9.